The highest BCUT2D eigenvalue weighted by Crippen LogP contribution is 2.32. The number of hydrogen-bond donors (Lipinski definition) is 1. The van der Waals surface area contributed by atoms with Gasteiger partial charge >= 0.3 is 6.18 Å². The normalized spacial score (nSPS) is 11.3. The van der Waals surface area contributed by atoms with Gasteiger partial charge in [0.25, 0.3) is 5.91 Å². The largest absolute Gasteiger partial charge is 0.417 e. The number of amides is 1. The summed E-state index contributed by atoms with van der Waals surface area (Å²) in [6.07, 6.45) is -1.56. The maximum atomic E-state index is 13.0. The maximum Gasteiger partial charge on any atom is 0.417 e. The van der Waals surface area contributed by atoms with Crippen LogP contribution in [-0.2, 0) is 6.18 Å². The summed E-state index contributed by atoms with van der Waals surface area (Å²) in [6, 6.07) is 11.1. The minimum absolute atomic E-state index is 0.368. The van der Waals surface area contributed by atoms with E-state index in [1.807, 2.05) is 0 Å². The van der Waals surface area contributed by atoms with Crippen molar-refractivity contribution in [3.8, 4) is 5.69 Å². The molecule has 0 atom stereocenters. The molecule has 0 unspecified atom stereocenters. The van der Waals surface area contributed by atoms with Gasteiger partial charge in [0.1, 0.15) is 0 Å². The number of alkyl halides is 3. The molecule has 1 amide bonds. The fourth-order valence-electron chi connectivity index (χ4n) is 2.15. The van der Waals surface area contributed by atoms with Crippen LogP contribution in [0.2, 0.25) is 0 Å². The molecule has 0 radical (unpaired) electrons. The average Bonchev–Trinajstić information content (AvgIpc) is 3.09. The van der Waals surface area contributed by atoms with Gasteiger partial charge < -0.3 is 5.32 Å². The van der Waals surface area contributed by atoms with Gasteiger partial charge in [-0.05, 0) is 36.4 Å². The van der Waals surface area contributed by atoms with E-state index >= 15 is 0 Å². The van der Waals surface area contributed by atoms with Crippen LogP contribution < -0.4 is 5.32 Å². The molecule has 5 nitrogen and oxygen atoms in total. The molecular formula is C16H11F3N4O. The Morgan fingerprint density at radius 3 is 2.21 bits per heavy atom. The Labute approximate surface area is 134 Å². The second-order valence-corrected chi connectivity index (χ2v) is 4.86. The first kappa shape index (κ1) is 15.7. The van der Waals surface area contributed by atoms with Crippen molar-refractivity contribution in [2.45, 2.75) is 6.18 Å². The summed E-state index contributed by atoms with van der Waals surface area (Å²) in [7, 11) is 0. The lowest BCUT2D eigenvalue weighted by atomic mass is 10.1. The van der Waals surface area contributed by atoms with Crippen LogP contribution in [0.25, 0.3) is 5.69 Å². The van der Waals surface area contributed by atoms with E-state index in [0.717, 1.165) is 12.1 Å². The third-order valence-electron chi connectivity index (χ3n) is 3.25. The molecule has 0 aliphatic rings. The highest BCUT2D eigenvalue weighted by atomic mass is 19.4. The standard InChI is InChI=1S/C16H11F3N4O/c17-16(18,19)14-4-2-1-3-13(14)15(24)22-11-5-7-12(8-6-11)23-20-9-10-21-23/h1-10H,(H,22,24). The monoisotopic (exact) mass is 332 g/mol. The summed E-state index contributed by atoms with van der Waals surface area (Å²) >= 11 is 0. The van der Waals surface area contributed by atoms with Crippen molar-refractivity contribution in [2.24, 2.45) is 0 Å². The molecule has 0 spiro atoms. The molecule has 8 heteroatoms. The Balaban J connectivity index is 1.81. The van der Waals surface area contributed by atoms with Crippen molar-refractivity contribution >= 4 is 11.6 Å². The zero-order chi connectivity index (χ0) is 17.2. The van der Waals surface area contributed by atoms with Crippen molar-refractivity contribution in [3.63, 3.8) is 0 Å². The third-order valence-corrected chi connectivity index (χ3v) is 3.25. The van der Waals surface area contributed by atoms with Gasteiger partial charge in [0, 0.05) is 5.69 Å². The number of nitrogens with zero attached hydrogens (tertiary/aromatic N) is 3. The summed E-state index contributed by atoms with van der Waals surface area (Å²) < 4.78 is 38.9. The van der Waals surface area contributed by atoms with Gasteiger partial charge in [-0.3, -0.25) is 4.79 Å². The lowest BCUT2D eigenvalue weighted by Crippen LogP contribution is -2.18. The highest BCUT2D eigenvalue weighted by Gasteiger charge is 2.34. The molecule has 0 aliphatic carbocycles. The first-order valence-electron chi connectivity index (χ1n) is 6.89. The van der Waals surface area contributed by atoms with Gasteiger partial charge in [0.05, 0.1) is 29.2 Å². The molecule has 3 aromatic rings. The highest BCUT2D eigenvalue weighted by molar-refractivity contribution is 6.05. The molecule has 0 bridgehead atoms. The number of carbonyl (C=O) groups excluding carboxylic acids is 1. The summed E-state index contributed by atoms with van der Waals surface area (Å²) in [5.74, 6) is -0.826. The number of anilines is 1. The van der Waals surface area contributed by atoms with Crippen LogP contribution in [-0.4, -0.2) is 20.9 Å². The Morgan fingerprint density at radius 2 is 1.58 bits per heavy atom. The molecule has 2 aromatic carbocycles. The summed E-state index contributed by atoms with van der Waals surface area (Å²) in [5, 5.41) is 10.4. The second kappa shape index (κ2) is 6.15. The predicted molar refractivity (Wildman–Crippen MR) is 80.8 cm³/mol. The molecule has 1 aromatic heterocycles. The number of nitrogens with one attached hydrogen (secondary N) is 1. The molecular weight excluding hydrogens is 321 g/mol. The van der Waals surface area contributed by atoms with Crippen LogP contribution in [0.3, 0.4) is 0 Å². The van der Waals surface area contributed by atoms with E-state index in [1.54, 1.807) is 24.3 Å². The van der Waals surface area contributed by atoms with Crippen molar-refractivity contribution in [1.29, 1.82) is 0 Å². The minimum Gasteiger partial charge on any atom is -0.322 e. The van der Waals surface area contributed by atoms with E-state index in [0.29, 0.717) is 11.4 Å². The molecule has 0 saturated heterocycles. The first-order valence-corrected chi connectivity index (χ1v) is 6.89. The van der Waals surface area contributed by atoms with E-state index in [1.165, 1.54) is 29.3 Å². The smallest absolute Gasteiger partial charge is 0.322 e. The number of benzene rings is 2. The Kier molecular flexibility index (Phi) is 4.03. The van der Waals surface area contributed by atoms with Gasteiger partial charge in [-0.1, -0.05) is 12.1 Å². The van der Waals surface area contributed by atoms with Gasteiger partial charge in [0.15, 0.2) is 0 Å². The number of halogens is 3. The lowest BCUT2D eigenvalue weighted by Gasteiger charge is -2.12. The van der Waals surface area contributed by atoms with Crippen LogP contribution in [0.5, 0.6) is 0 Å². The van der Waals surface area contributed by atoms with E-state index in [2.05, 4.69) is 15.5 Å². The van der Waals surface area contributed by atoms with Crippen molar-refractivity contribution in [1.82, 2.24) is 15.0 Å². The zero-order valence-electron chi connectivity index (χ0n) is 12.2. The van der Waals surface area contributed by atoms with Crippen LogP contribution >= 0.6 is 0 Å². The van der Waals surface area contributed by atoms with Crippen molar-refractivity contribution in [3.05, 3.63) is 72.1 Å². The lowest BCUT2D eigenvalue weighted by molar-refractivity contribution is -0.137. The molecule has 1 heterocycles. The van der Waals surface area contributed by atoms with Gasteiger partial charge in [-0.15, -0.1) is 0 Å². The number of hydrogen-bond acceptors (Lipinski definition) is 3. The predicted octanol–water partition coefficient (Wildman–Crippen LogP) is 3.54. The summed E-state index contributed by atoms with van der Waals surface area (Å²) in [4.78, 5) is 13.5. The van der Waals surface area contributed by atoms with Gasteiger partial charge in [0.2, 0.25) is 0 Å². The number of aromatic nitrogens is 3. The SMILES string of the molecule is O=C(Nc1ccc(-n2nccn2)cc1)c1ccccc1C(F)(F)F. The Hall–Kier alpha value is -3.16. The van der Waals surface area contributed by atoms with Crippen LogP contribution in [0.4, 0.5) is 18.9 Å². The zero-order valence-corrected chi connectivity index (χ0v) is 12.2. The van der Waals surface area contributed by atoms with Gasteiger partial charge in [-0.25, -0.2) is 0 Å². The van der Waals surface area contributed by atoms with Crippen molar-refractivity contribution in [2.75, 3.05) is 5.32 Å². The molecule has 3 rings (SSSR count). The summed E-state index contributed by atoms with van der Waals surface area (Å²) in [5.41, 5.74) is -0.371. The molecule has 24 heavy (non-hydrogen) atoms. The van der Waals surface area contributed by atoms with Crippen LogP contribution in [0.1, 0.15) is 15.9 Å². The van der Waals surface area contributed by atoms with E-state index in [-0.39, 0.29) is 0 Å². The Morgan fingerprint density at radius 1 is 0.958 bits per heavy atom. The molecule has 1 N–H and O–H groups in total. The van der Waals surface area contributed by atoms with Crippen LogP contribution in [0, 0.1) is 0 Å². The molecule has 0 aliphatic heterocycles. The number of carbonyl (C=O) groups is 1. The number of rotatable bonds is 3. The fraction of sp³-hybridized carbons (Fsp3) is 0.0625. The second-order valence-electron chi connectivity index (χ2n) is 4.86. The molecule has 122 valence electrons. The molecule has 0 saturated carbocycles. The Bertz CT molecular complexity index is 843. The van der Waals surface area contributed by atoms with Crippen molar-refractivity contribution < 1.29 is 18.0 Å². The van der Waals surface area contributed by atoms with Crippen LogP contribution in [0.15, 0.2) is 60.9 Å². The van der Waals surface area contributed by atoms with E-state index in [4.69, 9.17) is 0 Å². The first-order chi connectivity index (χ1) is 11.4. The quantitative estimate of drug-likeness (QED) is 0.798. The fourth-order valence-corrected chi connectivity index (χ4v) is 2.15. The van der Waals surface area contributed by atoms with E-state index < -0.39 is 23.2 Å². The molecule has 0 fully saturated rings. The summed E-state index contributed by atoms with van der Waals surface area (Å²) in [6.45, 7) is 0. The maximum absolute atomic E-state index is 13.0. The van der Waals surface area contributed by atoms with Gasteiger partial charge in [-0.2, -0.15) is 28.2 Å². The topological polar surface area (TPSA) is 59.8 Å². The third kappa shape index (κ3) is 3.27. The average molecular weight is 332 g/mol. The van der Waals surface area contributed by atoms with E-state index in [9.17, 15) is 18.0 Å². The minimum atomic E-state index is -4.59.